The third-order valence-electron chi connectivity index (χ3n) is 3.16. The Hall–Kier alpha value is -0.380. The van der Waals surface area contributed by atoms with Gasteiger partial charge in [-0.3, -0.25) is 0 Å². The van der Waals surface area contributed by atoms with Crippen LogP contribution in [0, 0.1) is 5.92 Å². The Balaban J connectivity index is 2.18. The maximum atomic E-state index is 5.80. The number of thiophene rings is 1. The Bertz CT molecular complexity index is 353. The summed E-state index contributed by atoms with van der Waals surface area (Å²) in [6, 6.07) is 4.44. The normalized spacial score (nSPS) is 26.2. The molecule has 0 amide bonds. The van der Waals surface area contributed by atoms with Crippen LogP contribution in [0.1, 0.15) is 43.1 Å². The molecule has 0 aromatic carbocycles. The average molecular weight is 239 g/mol. The fourth-order valence-electron chi connectivity index (χ4n) is 2.10. The zero-order valence-electron chi connectivity index (χ0n) is 10.3. The lowest BCUT2D eigenvalue weighted by Crippen LogP contribution is -2.17. The Morgan fingerprint density at radius 2 is 2.19 bits per heavy atom. The summed E-state index contributed by atoms with van der Waals surface area (Å²) in [4.78, 5) is 2.77. The summed E-state index contributed by atoms with van der Waals surface area (Å²) in [5.74, 6) is 0.506. The topological polar surface area (TPSA) is 35.2 Å². The van der Waals surface area contributed by atoms with Gasteiger partial charge in [0.1, 0.15) is 0 Å². The van der Waals surface area contributed by atoms with Gasteiger partial charge in [0.25, 0.3) is 0 Å². The largest absolute Gasteiger partial charge is 0.372 e. The smallest absolute Gasteiger partial charge is 0.0957 e. The van der Waals surface area contributed by atoms with Crippen LogP contribution in [-0.2, 0) is 10.2 Å². The Kier molecular flexibility index (Phi) is 3.38. The monoisotopic (exact) mass is 239 g/mol. The predicted molar refractivity (Wildman–Crippen MR) is 68.9 cm³/mol. The quantitative estimate of drug-likeness (QED) is 0.860. The van der Waals surface area contributed by atoms with E-state index in [1.807, 2.05) is 11.3 Å². The van der Waals surface area contributed by atoms with Crippen molar-refractivity contribution >= 4 is 11.3 Å². The molecule has 2 atom stereocenters. The van der Waals surface area contributed by atoms with Crippen LogP contribution in [0.3, 0.4) is 0 Å². The first-order chi connectivity index (χ1) is 7.52. The van der Waals surface area contributed by atoms with Crippen molar-refractivity contribution in [2.24, 2.45) is 11.7 Å². The molecule has 0 bridgehead atoms. The van der Waals surface area contributed by atoms with Crippen LogP contribution in [0.15, 0.2) is 12.1 Å². The van der Waals surface area contributed by atoms with Gasteiger partial charge in [-0.05, 0) is 30.5 Å². The first-order valence-corrected chi connectivity index (χ1v) is 6.76. The van der Waals surface area contributed by atoms with E-state index in [9.17, 15) is 0 Å². The van der Waals surface area contributed by atoms with Crippen molar-refractivity contribution in [2.45, 2.75) is 38.7 Å². The Labute approximate surface area is 102 Å². The molecule has 2 heterocycles. The van der Waals surface area contributed by atoms with Crippen LogP contribution in [0.25, 0.3) is 0 Å². The minimum Gasteiger partial charge on any atom is -0.372 e. The van der Waals surface area contributed by atoms with E-state index in [1.54, 1.807) is 0 Å². The van der Waals surface area contributed by atoms with Crippen molar-refractivity contribution in [3.05, 3.63) is 21.9 Å². The third-order valence-corrected chi connectivity index (χ3v) is 4.74. The van der Waals surface area contributed by atoms with Gasteiger partial charge in [0.2, 0.25) is 0 Å². The molecule has 3 heteroatoms. The fourth-order valence-corrected chi connectivity index (χ4v) is 3.31. The average Bonchev–Trinajstić information content (AvgIpc) is 2.84. The van der Waals surface area contributed by atoms with Gasteiger partial charge in [0.05, 0.1) is 6.10 Å². The number of rotatable bonds is 2. The summed E-state index contributed by atoms with van der Waals surface area (Å²) < 4.78 is 5.80. The van der Waals surface area contributed by atoms with Crippen molar-refractivity contribution in [1.29, 1.82) is 0 Å². The van der Waals surface area contributed by atoms with Gasteiger partial charge >= 0.3 is 0 Å². The van der Waals surface area contributed by atoms with E-state index in [4.69, 9.17) is 10.5 Å². The van der Waals surface area contributed by atoms with E-state index >= 15 is 0 Å². The standard InChI is InChI=1S/C13H21NOS/c1-13(2,3)11-5-4-10(16-11)12-9(8-14)6-7-15-12/h4-5,9,12H,6-8,14H2,1-3H3. The van der Waals surface area contributed by atoms with E-state index in [0.29, 0.717) is 5.92 Å². The molecule has 0 saturated carbocycles. The van der Waals surface area contributed by atoms with E-state index in [0.717, 1.165) is 19.6 Å². The molecule has 0 radical (unpaired) electrons. The van der Waals surface area contributed by atoms with Crippen molar-refractivity contribution in [1.82, 2.24) is 0 Å². The van der Waals surface area contributed by atoms with E-state index in [2.05, 4.69) is 32.9 Å². The summed E-state index contributed by atoms with van der Waals surface area (Å²) >= 11 is 1.88. The minimum atomic E-state index is 0.236. The number of ether oxygens (including phenoxy) is 1. The zero-order valence-corrected chi connectivity index (χ0v) is 11.1. The summed E-state index contributed by atoms with van der Waals surface area (Å²) in [5.41, 5.74) is 6.01. The molecule has 1 fully saturated rings. The van der Waals surface area contributed by atoms with Crippen molar-refractivity contribution < 1.29 is 4.74 Å². The second-order valence-electron chi connectivity index (χ2n) is 5.53. The first kappa shape index (κ1) is 12.1. The van der Waals surface area contributed by atoms with Crippen molar-refractivity contribution in [2.75, 3.05) is 13.2 Å². The van der Waals surface area contributed by atoms with E-state index < -0.39 is 0 Å². The Morgan fingerprint density at radius 3 is 2.75 bits per heavy atom. The van der Waals surface area contributed by atoms with Gasteiger partial charge in [0, 0.05) is 22.3 Å². The first-order valence-electron chi connectivity index (χ1n) is 5.94. The maximum absolute atomic E-state index is 5.80. The highest BCUT2D eigenvalue weighted by Crippen LogP contribution is 2.39. The molecule has 1 aromatic heterocycles. The lowest BCUT2D eigenvalue weighted by molar-refractivity contribution is 0.0953. The molecule has 1 aliphatic heterocycles. The molecule has 1 aromatic rings. The van der Waals surface area contributed by atoms with Crippen LogP contribution >= 0.6 is 11.3 Å². The highest BCUT2D eigenvalue weighted by molar-refractivity contribution is 7.12. The van der Waals surface area contributed by atoms with Crippen LogP contribution in [0.2, 0.25) is 0 Å². The zero-order chi connectivity index (χ0) is 11.8. The van der Waals surface area contributed by atoms with E-state index in [-0.39, 0.29) is 11.5 Å². The van der Waals surface area contributed by atoms with Crippen LogP contribution < -0.4 is 5.73 Å². The molecular formula is C13H21NOS. The maximum Gasteiger partial charge on any atom is 0.0957 e. The number of hydrogen-bond acceptors (Lipinski definition) is 3. The molecule has 16 heavy (non-hydrogen) atoms. The van der Waals surface area contributed by atoms with E-state index in [1.165, 1.54) is 9.75 Å². The molecule has 90 valence electrons. The minimum absolute atomic E-state index is 0.236. The highest BCUT2D eigenvalue weighted by Gasteiger charge is 2.30. The van der Waals surface area contributed by atoms with Crippen LogP contribution in [-0.4, -0.2) is 13.2 Å². The number of nitrogens with two attached hydrogens (primary N) is 1. The second kappa shape index (κ2) is 4.47. The molecule has 1 aliphatic rings. The molecule has 2 N–H and O–H groups in total. The van der Waals surface area contributed by atoms with Gasteiger partial charge in [-0.1, -0.05) is 20.8 Å². The SMILES string of the molecule is CC(C)(C)c1ccc(C2OCCC2CN)s1. The van der Waals surface area contributed by atoms with Gasteiger partial charge in [-0.25, -0.2) is 0 Å². The van der Waals surface area contributed by atoms with Gasteiger partial charge in [-0.2, -0.15) is 0 Å². The summed E-state index contributed by atoms with van der Waals surface area (Å²) in [5, 5.41) is 0. The molecule has 2 unspecified atom stereocenters. The molecule has 2 rings (SSSR count). The van der Waals surface area contributed by atoms with Crippen LogP contribution in [0.5, 0.6) is 0 Å². The summed E-state index contributed by atoms with van der Waals surface area (Å²) in [6.45, 7) is 8.33. The summed E-state index contributed by atoms with van der Waals surface area (Å²) in [7, 11) is 0. The molecule has 0 spiro atoms. The fraction of sp³-hybridized carbons (Fsp3) is 0.692. The van der Waals surface area contributed by atoms with Gasteiger partial charge < -0.3 is 10.5 Å². The van der Waals surface area contributed by atoms with Crippen LogP contribution in [0.4, 0.5) is 0 Å². The van der Waals surface area contributed by atoms with Crippen molar-refractivity contribution in [3.63, 3.8) is 0 Å². The summed E-state index contributed by atoms with van der Waals surface area (Å²) in [6.07, 6.45) is 1.34. The predicted octanol–water partition coefficient (Wildman–Crippen LogP) is 3.08. The second-order valence-corrected chi connectivity index (χ2v) is 6.64. The van der Waals surface area contributed by atoms with Gasteiger partial charge in [-0.15, -0.1) is 11.3 Å². The Morgan fingerprint density at radius 1 is 1.44 bits per heavy atom. The molecule has 1 saturated heterocycles. The molecule has 2 nitrogen and oxygen atoms in total. The number of hydrogen-bond donors (Lipinski definition) is 1. The lowest BCUT2D eigenvalue weighted by atomic mass is 9.95. The third kappa shape index (κ3) is 2.31. The van der Waals surface area contributed by atoms with Gasteiger partial charge in [0.15, 0.2) is 0 Å². The molecule has 0 aliphatic carbocycles. The van der Waals surface area contributed by atoms with Crippen molar-refractivity contribution in [3.8, 4) is 0 Å². The molecular weight excluding hydrogens is 218 g/mol. The lowest BCUT2D eigenvalue weighted by Gasteiger charge is -2.17. The highest BCUT2D eigenvalue weighted by atomic mass is 32.1.